The fourth-order valence-corrected chi connectivity index (χ4v) is 2.85. The van der Waals surface area contributed by atoms with Gasteiger partial charge in [0.05, 0.1) is 18.5 Å². The number of anilines is 1. The van der Waals surface area contributed by atoms with Crippen LogP contribution in [0.2, 0.25) is 0 Å². The van der Waals surface area contributed by atoms with Crippen LogP contribution < -0.4 is 25.6 Å². The highest BCUT2D eigenvalue weighted by molar-refractivity contribution is 6.04. The number of aromatic nitrogens is 4. The molecule has 0 aliphatic rings. The highest BCUT2D eigenvalue weighted by Gasteiger charge is 2.18. The van der Waals surface area contributed by atoms with Gasteiger partial charge in [-0.1, -0.05) is 0 Å². The molecule has 196 valence electrons. The number of amides is 3. The second kappa shape index (κ2) is 11.4. The SMILES string of the molecule is CC(C)Oc1cc(Oc2cnc(C(=O)NNC(=O)OC(C)(C)C)cn2)cc(C(=O)Nc2ccn(C)n2)c1. The molecule has 0 saturated carbocycles. The standard InChI is InChI=1S/C24H29N7O6/c1-14(2)35-16-9-15(21(32)27-19-7-8-31(6)30-19)10-17(11-16)36-20-13-25-18(12-26-20)22(33)28-29-23(34)37-24(3,4)5/h7-14H,1-6H3,(H,28,33)(H,29,34)(H,27,30,32). The monoisotopic (exact) mass is 511 g/mol. The molecular formula is C24H29N7O6. The van der Waals surface area contributed by atoms with Gasteiger partial charge in [-0.3, -0.25) is 19.7 Å². The molecule has 2 heterocycles. The zero-order valence-electron chi connectivity index (χ0n) is 21.4. The first-order valence-corrected chi connectivity index (χ1v) is 11.3. The minimum absolute atomic E-state index is 0.0643. The maximum atomic E-state index is 12.8. The van der Waals surface area contributed by atoms with E-state index >= 15 is 0 Å². The number of nitrogens with zero attached hydrogens (tertiary/aromatic N) is 4. The van der Waals surface area contributed by atoms with Crippen molar-refractivity contribution < 1.29 is 28.6 Å². The van der Waals surface area contributed by atoms with E-state index in [9.17, 15) is 14.4 Å². The van der Waals surface area contributed by atoms with Gasteiger partial charge in [0.2, 0.25) is 5.88 Å². The lowest BCUT2D eigenvalue weighted by Gasteiger charge is -2.19. The Kier molecular flexibility index (Phi) is 8.27. The van der Waals surface area contributed by atoms with Crippen molar-refractivity contribution in [1.82, 2.24) is 30.6 Å². The molecule has 0 saturated heterocycles. The molecule has 0 fully saturated rings. The van der Waals surface area contributed by atoms with Crippen molar-refractivity contribution in [3.05, 3.63) is 54.1 Å². The highest BCUT2D eigenvalue weighted by atomic mass is 16.6. The summed E-state index contributed by atoms with van der Waals surface area (Å²) in [5.74, 6) is 0.0257. The van der Waals surface area contributed by atoms with E-state index in [0.717, 1.165) is 0 Å². The third kappa shape index (κ3) is 8.49. The van der Waals surface area contributed by atoms with Crippen LogP contribution in [0.15, 0.2) is 42.9 Å². The Bertz CT molecular complexity index is 1270. The van der Waals surface area contributed by atoms with E-state index in [2.05, 4.69) is 31.2 Å². The highest BCUT2D eigenvalue weighted by Crippen LogP contribution is 2.27. The molecule has 37 heavy (non-hydrogen) atoms. The number of hydrogen-bond acceptors (Lipinski definition) is 9. The summed E-state index contributed by atoms with van der Waals surface area (Å²) in [6.07, 6.45) is 3.14. The van der Waals surface area contributed by atoms with Crippen LogP contribution >= 0.6 is 0 Å². The third-order valence-electron chi connectivity index (χ3n) is 4.23. The number of benzene rings is 1. The average molecular weight is 512 g/mol. The molecule has 0 radical (unpaired) electrons. The second-order valence-corrected chi connectivity index (χ2v) is 9.11. The summed E-state index contributed by atoms with van der Waals surface area (Å²) in [5.41, 5.74) is 3.80. The van der Waals surface area contributed by atoms with Crippen LogP contribution in [0.1, 0.15) is 55.5 Å². The Labute approximate surface area is 213 Å². The number of rotatable bonds is 7. The Morgan fingerprint density at radius 2 is 1.70 bits per heavy atom. The Balaban J connectivity index is 1.70. The average Bonchev–Trinajstić information content (AvgIpc) is 3.20. The summed E-state index contributed by atoms with van der Waals surface area (Å²) in [7, 11) is 1.74. The number of hydrogen-bond donors (Lipinski definition) is 3. The molecule has 0 aliphatic heterocycles. The minimum atomic E-state index is -0.819. The van der Waals surface area contributed by atoms with Crippen LogP contribution in [-0.4, -0.2) is 49.4 Å². The molecular weight excluding hydrogens is 482 g/mol. The van der Waals surface area contributed by atoms with Gasteiger partial charge in [0.25, 0.3) is 11.8 Å². The number of carbonyl (C=O) groups is 3. The summed E-state index contributed by atoms with van der Waals surface area (Å²) < 4.78 is 18.1. The lowest BCUT2D eigenvalue weighted by Crippen LogP contribution is -2.44. The predicted molar refractivity (Wildman–Crippen MR) is 132 cm³/mol. The van der Waals surface area contributed by atoms with Gasteiger partial charge in [-0.05, 0) is 46.8 Å². The largest absolute Gasteiger partial charge is 0.491 e. The number of hydrazine groups is 1. The fraction of sp³-hybridized carbons (Fsp3) is 0.333. The fourth-order valence-electron chi connectivity index (χ4n) is 2.85. The van der Waals surface area contributed by atoms with Crippen molar-refractivity contribution >= 4 is 23.7 Å². The number of carbonyl (C=O) groups excluding carboxylic acids is 3. The van der Waals surface area contributed by atoms with Crippen molar-refractivity contribution in [2.45, 2.75) is 46.3 Å². The summed E-state index contributed by atoms with van der Waals surface area (Å²) >= 11 is 0. The van der Waals surface area contributed by atoms with Crippen molar-refractivity contribution in [3.63, 3.8) is 0 Å². The zero-order chi connectivity index (χ0) is 27.2. The first-order chi connectivity index (χ1) is 17.4. The van der Waals surface area contributed by atoms with E-state index in [1.165, 1.54) is 18.5 Å². The van der Waals surface area contributed by atoms with Gasteiger partial charge in [-0.25, -0.2) is 20.2 Å². The van der Waals surface area contributed by atoms with Crippen LogP contribution in [-0.2, 0) is 11.8 Å². The number of ether oxygens (including phenoxy) is 3. The van der Waals surface area contributed by atoms with E-state index in [1.807, 2.05) is 13.8 Å². The van der Waals surface area contributed by atoms with Crippen LogP contribution in [0.5, 0.6) is 17.4 Å². The van der Waals surface area contributed by atoms with E-state index in [1.54, 1.807) is 56.9 Å². The molecule has 13 heteroatoms. The van der Waals surface area contributed by atoms with Crippen LogP contribution in [0, 0.1) is 0 Å². The molecule has 0 atom stereocenters. The summed E-state index contributed by atoms with van der Waals surface area (Å²) in [5, 5.41) is 6.85. The smallest absolute Gasteiger partial charge is 0.426 e. The number of nitrogens with one attached hydrogen (secondary N) is 3. The minimum Gasteiger partial charge on any atom is -0.491 e. The quantitative estimate of drug-likeness (QED) is 0.405. The first-order valence-electron chi connectivity index (χ1n) is 11.3. The molecule has 0 bridgehead atoms. The van der Waals surface area contributed by atoms with Gasteiger partial charge in [-0.15, -0.1) is 0 Å². The Hall–Kier alpha value is -4.68. The van der Waals surface area contributed by atoms with Gasteiger partial charge < -0.3 is 19.5 Å². The molecule has 3 aromatic rings. The summed E-state index contributed by atoms with van der Waals surface area (Å²) in [6, 6.07) is 6.37. The van der Waals surface area contributed by atoms with Crippen molar-refractivity contribution in [3.8, 4) is 17.4 Å². The normalized spacial score (nSPS) is 11.0. The molecule has 0 spiro atoms. The van der Waals surface area contributed by atoms with Crippen molar-refractivity contribution in [2.24, 2.45) is 7.05 Å². The second-order valence-electron chi connectivity index (χ2n) is 9.11. The number of aryl methyl sites for hydroxylation is 1. The van der Waals surface area contributed by atoms with Crippen molar-refractivity contribution in [2.75, 3.05) is 5.32 Å². The first kappa shape index (κ1) is 26.9. The molecule has 0 unspecified atom stereocenters. The molecule has 2 aromatic heterocycles. The lowest BCUT2D eigenvalue weighted by atomic mass is 10.2. The van der Waals surface area contributed by atoms with E-state index < -0.39 is 23.5 Å². The van der Waals surface area contributed by atoms with Crippen LogP contribution in [0.3, 0.4) is 0 Å². The van der Waals surface area contributed by atoms with Gasteiger partial charge in [0.15, 0.2) is 5.82 Å². The molecule has 1 aromatic carbocycles. The third-order valence-corrected chi connectivity index (χ3v) is 4.23. The van der Waals surface area contributed by atoms with Crippen LogP contribution in [0.25, 0.3) is 0 Å². The van der Waals surface area contributed by atoms with Gasteiger partial charge in [0.1, 0.15) is 22.8 Å². The summed E-state index contributed by atoms with van der Waals surface area (Å²) in [4.78, 5) is 44.8. The van der Waals surface area contributed by atoms with Gasteiger partial charge >= 0.3 is 6.09 Å². The van der Waals surface area contributed by atoms with Gasteiger partial charge in [0, 0.05) is 30.9 Å². The Morgan fingerprint density at radius 1 is 0.973 bits per heavy atom. The van der Waals surface area contributed by atoms with E-state index in [4.69, 9.17) is 14.2 Å². The van der Waals surface area contributed by atoms with Crippen LogP contribution in [0.4, 0.5) is 10.6 Å². The molecule has 3 rings (SSSR count). The summed E-state index contributed by atoms with van der Waals surface area (Å²) in [6.45, 7) is 8.79. The molecule has 13 nitrogen and oxygen atoms in total. The maximum absolute atomic E-state index is 12.8. The molecule has 3 N–H and O–H groups in total. The van der Waals surface area contributed by atoms with Crippen molar-refractivity contribution in [1.29, 1.82) is 0 Å². The zero-order valence-corrected chi connectivity index (χ0v) is 21.4. The maximum Gasteiger partial charge on any atom is 0.426 e. The van der Waals surface area contributed by atoms with Gasteiger partial charge in [-0.2, -0.15) is 5.10 Å². The lowest BCUT2D eigenvalue weighted by molar-refractivity contribution is 0.0482. The Morgan fingerprint density at radius 3 is 2.30 bits per heavy atom. The van der Waals surface area contributed by atoms with E-state index in [0.29, 0.717) is 11.6 Å². The molecule has 0 aliphatic carbocycles. The molecule has 3 amide bonds. The topological polar surface area (TPSA) is 159 Å². The van der Waals surface area contributed by atoms with E-state index in [-0.39, 0.29) is 29.0 Å². The predicted octanol–water partition coefficient (Wildman–Crippen LogP) is 3.21.